The van der Waals surface area contributed by atoms with Gasteiger partial charge in [-0.3, -0.25) is 9.69 Å². The molecule has 3 rings (SSSR count). The first-order chi connectivity index (χ1) is 14.8. The lowest BCUT2D eigenvalue weighted by Crippen LogP contribution is -2.47. The molecule has 2 N–H and O–H groups in total. The normalized spacial score (nSPS) is 16.8. The number of amides is 1. The number of carboxylic acid groups (broad SMARTS) is 1. The summed E-state index contributed by atoms with van der Waals surface area (Å²) in [6, 6.07) is 8.36. The lowest BCUT2D eigenvalue weighted by Gasteiger charge is -2.33. The number of hydrogen-bond donors (Lipinski definition) is 2. The highest BCUT2D eigenvalue weighted by Gasteiger charge is 2.21. The fraction of sp³-hybridized carbons (Fsp3) is 0.364. The molecule has 0 radical (unpaired) electrons. The molecule has 1 amide bonds. The Hall–Kier alpha value is -2.49. The number of carboxylic acids is 1. The van der Waals surface area contributed by atoms with Gasteiger partial charge in [-0.2, -0.15) is 0 Å². The van der Waals surface area contributed by atoms with Gasteiger partial charge in [0.25, 0.3) is 0 Å². The zero-order valence-electron chi connectivity index (χ0n) is 17.1. The molecule has 0 bridgehead atoms. The number of nitrogens with zero attached hydrogens (tertiary/aromatic N) is 1. The first-order valence-corrected chi connectivity index (χ1v) is 10.8. The molecule has 0 aromatic heterocycles. The van der Waals surface area contributed by atoms with E-state index in [2.05, 4.69) is 10.2 Å². The van der Waals surface area contributed by atoms with Gasteiger partial charge in [0.05, 0.1) is 24.0 Å². The molecule has 0 aliphatic carbocycles. The van der Waals surface area contributed by atoms with E-state index in [1.54, 1.807) is 6.07 Å². The number of ether oxygens (including phenoxy) is 1. The monoisotopic (exact) mass is 450 g/mol. The third-order valence-electron chi connectivity index (χ3n) is 4.99. The van der Waals surface area contributed by atoms with Crippen molar-refractivity contribution < 1.29 is 28.2 Å². The Labute approximate surface area is 183 Å². The van der Waals surface area contributed by atoms with Crippen molar-refractivity contribution in [1.29, 1.82) is 0 Å². The summed E-state index contributed by atoms with van der Waals surface area (Å²) in [5.41, 5.74) is 1.82. The van der Waals surface area contributed by atoms with Gasteiger partial charge in [-0.25, -0.2) is 13.6 Å². The summed E-state index contributed by atoms with van der Waals surface area (Å²) < 4.78 is 33.0. The molecule has 9 heteroatoms. The lowest BCUT2D eigenvalue weighted by atomic mass is 10.1. The fourth-order valence-electron chi connectivity index (χ4n) is 3.30. The van der Waals surface area contributed by atoms with Crippen LogP contribution in [0, 0.1) is 18.6 Å². The second kappa shape index (κ2) is 10.7. The minimum Gasteiger partial charge on any atom is -0.478 e. The van der Waals surface area contributed by atoms with Crippen molar-refractivity contribution in [1.82, 2.24) is 10.2 Å². The van der Waals surface area contributed by atoms with E-state index in [1.807, 2.05) is 6.92 Å². The number of nitrogens with one attached hydrogen (secondary N) is 1. The molecule has 6 nitrogen and oxygen atoms in total. The van der Waals surface area contributed by atoms with E-state index in [9.17, 15) is 18.4 Å². The SMILES string of the molecule is Cc1cc(F)ccc1CN1CCO[C@@H](CNC(=O)CSc2ccc(C(=O)O)cc2F)C1. The van der Waals surface area contributed by atoms with Crippen molar-refractivity contribution in [3.8, 4) is 0 Å². The second-order valence-corrected chi connectivity index (χ2v) is 8.36. The number of halogens is 2. The summed E-state index contributed by atoms with van der Waals surface area (Å²) in [7, 11) is 0. The van der Waals surface area contributed by atoms with Crippen LogP contribution in [0.5, 0.6) is 0 Å². The van der Waals surface area contributed by atoms with Crippen LogP contribution in [0.2, 0.25) is 0 Å². The van der Waals surface area contributed by atoms with Gasteiger partial charge in [-0.1, -0.05) is 6.07 Å². The van der Waals surface area contributed by atoms with Crippen LogP contribution < -0.4 is 5.32 Å². The quantitative estimate of drug-likeness (QED) is 0.602. The maximum Gasteiger partial charge on any atom is 0.335 e. The topological polar surface area (TPSA) is 78.9 Å². The van der Waals surface area contributed by atoms with Gasteiger partial charge < -0.3 is 15.2 Å². The zero-order chi connectivity index (χ0) is 22.4. The van der Waals surface area contributed by atoms with Crippen molar-refractivity contribution in [3.05, 3.63) is 64.7 Å². The number of benzene rings is 2. The summed E-state index contributed by atoms with van der Waals surface area (Å²) in [4.78, 5) is 25.4. The van der Waals surface area contributed by atoms with Gasteiger partial charge in [0.1, 0.15) is 11.6 Å². The Morgan fingerprint density at radius 1 is 1.26 bits per heavy atom. The standard InChI is InChI=1S/C22H24F2N2O4S/c1-14-8-17(23)4-2-16(14)11-26-6-7-30-18(12-26)10-25-21(27)13-31-20-5-3-15(22(28)29)9-19(20)24/h2-5,8-9,18H,6-7,10-13H2,1H3,(H,25,27)(H,28,29)/t18-/m0/s1. The van der Waals surface area contributed by atoms with Crippen LogP contribution in [0.25, 0.3) is 0 Å². The summed E-state index contributed by atoms with van der Waals surface area (Å²) in [5.74, 6) is -2.38. The number of thioether (sulfide) groups is 1. The average Bonchev–Trinajstić information content (AvgIpc) is 2.73. The molecule has 1 atom stereocenters. The van der Waals surface area contributed by atoms with Crippen molar-refractivity contribution in [2.24, 2.45) is 0 Å². The van der Waals surface area contributed by atoms with Crippen molar-refractivity contribution in [3.63, 3.8) is 0 Å². The van der Waals surface area contributed by atoms with Gasteiger partial charge in [-0.15, -0.1) is 11.8 Å². The smallest absolute Gasteiger partial charge is 0.335 e. The molecule has 1 aliphatic rings. The summed E-state index contributed by atoms with van der Waals surface area (Å²) in [6.07, 6.45) is -0.171. The van der Waals surface area contributed by atoms with Crippen LogP contribution in [0.1, 0.15) is 21.5 Å². The molecule has 2 aromatic rings. The lowest BCUT2D eigenvalue weighted by molar-refractivity contribution is -0.119. The zero-order valence-corrected chi connectivity index (χ0v) is 17.9. The number of rotatable bonds is 8. The number of morpholine rings is 1. The summed E-state index contributed by atoms with van der Waals surface area (Å²) in [5, 5.41) is 11.7. The number of carbonyl (C=O) groups excluding carboxylic acids is 1. The van der Waals surface area contributed by atoms with Gasteiger partial charge in [-0.05, 0) is 48.4 Å². The second-order valence-electron chi connectivity index (χ2n) is 7.34. The van der Waals surface area contributed by atoms with Gasteiger partial charge in [0.2, 0.25) is 5.91 Å². The molecule has 0 saturated carbocycles. The average molecular weight is 451 g/mol. The molecule has 1 aliphatic heterocycles. The van der Waals surface area contributed by atoms with Crippen LogP contribution in [0.3, 0.4) is 0 Å². The Bertz CT molecular complexity index is 957. The molecular formula is C22H24F2N2O4S. The summed E-state index contributed by atoms with van der Waals surface area (Å²) >= 11 is 1.01. The molecule has 0 unspecified atom stereocenters. The Kier molecular flexibility index (Phi) is 8.00. The number of aromatic carboxylic acids is 1. The van der Waals surface area contributed by atoms with Crippen molar-refractivity contribution in [2.75, 3.05) is 32.0 Å². The number of aryl methyl sites for hydroxylation is 1. The third-order valence-corrected chi connectivity index (χ3v) is 6.03. The van der Waals surface area contributed by atoms with E-state index in [0.717, 1.165) is 35.5 Å². The number of carbonyl (C=O) groups is 2. The highest BCUT2D eigenvalue weighted by Crippen LogP contribution is 2.22. The van der Waals surface area contributed by atoms with Crippen LogP contribution in [-0.2, 0) is 16.1 Å². The molecule has 31 heavy (non-hydrogen) atoms. The van der Waals surface area contributed by atoms with E-state index >= 15 is 0 Å². The highest BCUT2D eigenvalue weighted by atomic mass is 32.2. The molecule has 0 spiro atoms. The van der Waals surface area contributed by atoms with Crippen LogP contribution in [0.4, 0.5) is 8.78 Å². The maximum absolute atomic E-state index is 13.9. The first-order valence-electron chi connectivity index (χ1n) is 9.83. The van der Waals surface area contributed by atoms with Crippen molar-refractivity contribution >= 4 is 23.6 Å². The van der Waals surface area contributed by atoms with Gasteiger partial charge >= 0.3 is 5.97 Å². The molecule has 1 fully saturated rings. The Balaban J connectivity index is 1.44. The highest BCUT2D eigenvalue weighted by molar-refractivity contribution is 8.00. The van der Waals surface area contributed by atoms with Crippen molar-refractivity contribution in [2.45, 2.75) is 24.5 Å². The molecule has 166 valence electrons. The predicted molar refractivity (Wildman–Crippen MR) is 113 cm³/mol. The molecule has 1 saturated heterocycles. The minimum atomic E-state index is -1.20. The minimum absolute atomic E-state index is 0.00848. The van der Waals surface area contributed by atoms with E-state index < -0.39 is 11.8 Å². The summed E-state index contributed by atoms with van der Waals surface area (Å²) in [6.45, 7) is 4.82. The van der Waals surface area contributed by atoms with E-state index in [1.165, 1.54) is 24.3 Å². The van der Waals surface area contributed by atoms with Crippen LogP contribution in [-0.4, -0.2) is 60.0 Å². The predicted octanol–water partition coefficient (Wildman–Crippen LogP) is 3.08. The molecule has 1 heterocycles. The molecular weight excluding hydrogens is 426 g/mol. The van der Waals surface area contributed by atoms with E-state index in [-0.39, 0.29) is 34.0 Å². The van der Waals surface area contributed by atoms with Crippen LogP contribution >= 0.6 is 11.8 Å². The molecule has 2 aromatic carbocycles. The van der Waals surface area contributed by atoms with Gasteiger partial charge in [0, 0.05) is 31.1 Å². The Morgan fingerprint density at radius 2 is 2.06 bits per heavy atom. The van der Waals surface area contributed by atoms with Crippen LogP contribution in [0.15, 0.2) is 41.3 Å². The van der Waals surface area contributed by atoms with E-state index in [0.29, 0.717) is 26.2 Å². The fourth-order valence-corrected chi connectivity index (χ4v) is 4.05. The Morgan fingerprint density at radius 3 is 2.77 bits per heavy atom. The maximum atomic E-state index is 13.9. The largest absolute Gasteiger partial charge is 0.478 e. The number of hydrogen-bond acceptors (Lipinski definition) is 5. The third kappa shape index (κ3) is 6.75. The van der Waals surface area contributed by atoms with E-state index in [4.69, 9.17) is 9.84 Å². The van der Waals surface area contributed by atoms with Gasteiger partial charge in [0.15, 0.2) is 0 Å². The first kappa shape index (κ1) is 23.2.